The molecule has 1 aliphatic rings. The van der Waals surface area contributed by atoms with Crippen LogP contribution in [0.25, 0.3) is 11.1 Å². The molecule has 4 rings (SSSR count). The van der Waals surface area contributed by atoms with E-state index < -0.39 is 70.2 Å². The summed E-state index contributed by atoms with van der Waals surface area (Å²) < 4.78 is 87.3. The van der Waals surface area contributed by atoms with Crippen molar-refractivity contribution >= 4 is 27.5 Å². The molecule has 1 fully saturated rings. The van der Waals surface area contributed by atoms with Gasteiger partial charge >= 0.3 is 6.18 Å². The number of Topliss-reactive ketones (excluding diaryl/α,β-unsaturated/α-hetero) is 2. The molecule has 3 aromatic rings. The molecule has 0 bridgehead atoms. The molecule has 47 heavy (non-hydrogen) atoms. The van der Waals surface area contributed by atoms with Crippen molar-refractivity contribution in [2.45, 2.75) is 75.0 Å². The molecule has 9 nitrogen and oxygen atoms in total. The zero-order chi connectivity index (χ0) is 34.7. The van der Waals surface area contributed by atoms with Gasteiger partial charge in [-0.25, -0.2) is 17.8 Å². The Balaban J connectivity index is 1.78. The second kappa shape index (κ2) is 14.0. The van der Waals surface area contributed by atoms with E-state index in [1.165, 1.54) is 43.5 Å². The first-order valence-corrected chi connectivity index (χ1v) is 16.3. The summed E-state index contributed by atoms with van der Waals surface area (Å²) in [7, 11) is -4.29. The average molecular weight is 677 g/mol. The van der Waals surface area contributed by atoms with Gasteiger partial charge in [0.05, 0.1) is 18.6 Å². The van der Waals surface area contributed by atoms with Gasteiger partial charge in [-0.05, 0) is 62.4 Å². The SMILES string of the molecule is CC(=O)c1ccccc1-c1ccc([C@H](N(C(=O)[C@@H](N)CC(C)(C)F)C2CCCN(S(=O)(=O)c3ccccn3)CC2=O)C(F)(F)F)cc1. The Bertz CT molecular complexity index is 1710. The average Bonchev–Trinajstić information content (AvgIpc) is 3.20. The number of ketones is 2. The van der Waals surface area contributed by atoms with Crippen LogP contribution in [0.4, 0.5) is 17.6 Å². The topological polar surface area (TPSA) is 131 Å². The molecule has 0 spiro atoms. The number of aromatic nitrogens is 1. The van der Waals surface area contributed by atoms with Crippen LogP contribution in [0.5, 0.6) is 0 Å². The predicted octanol–water partition coefficient (Wildman–Crippen LogP) is 5.27. The van der Waals surface area contributed by atoms with Crippen LogP contribution in [0.15, 0.2) is 78.0 Å². The number of amides is 1. The minimum atomic E-state index is -5.13. The molecule has 2 N–H and O–H groups in total. The summed E-state index contributed by atoms with van der Waals surface area (Å²) in [6.45, 7) is 2.59. The number of benzene rings is 2. The fraction of sp³-hybridized carbons (Fsp3) is 0.394. The molecule has 2 heterocycles. The third-order valence-electron chi connectivity index (χ3n) is 7.88. The fourth-order valence-corrected chi connectivity index (χ4v) is 7.14. The number of carbonyl (C=O) groups excluding carboxylic acids is 3. The van der Waals surface area contributed by atoms with E-state index in [2.05, 4.69) is 4.98 Å². The maximum atomic E-state index is 15.1. The normalized spacial score (nSPS) is 17.9. The molecule has 1 saturated heterocycles. The van der Waals surface area contributed by atoms with Gasteiger partial charge < -0.3 is 10.6 Å². The van der Waals surface area contributed by atoms with E-state index in [4.69, 9.17) is 5.73 Å². The van der Waals surface area contributed by atoms with Crippen molar-refractivity contribution in [3.63, 3.8) is 0 Å². The number of hydrogen-bond donors (Lipinski definition) is 1. The van der Waals surface area contributed by atoms with E-state index in [0.29, 0.717) is 21.6 Å². The molecule has 0 saturated carbocycles. The van der Waals surface area contributed by atoms with Crippen molar-refractivity contribution < 1.29 is 40.4 Å². The van der Waals surface area contributed by atoms with Gasteiger partial charge in [0.15, 0.2) is 22.6 Å². The minimum Gasteiger partial charge on any atom is -0.320 e. The number of nitrogens with two attached hydrogens (primary N) is 1. The minimum absolute atomic E-state index is 0.0680. The number of alkyl halides is 4. The number of hydrogen-bond acceptors (Lipinski definition) is 7. The van der Waals surface area contributed by atoms with Gasteiger partial charge in [-0.1, -0.05) is 54.6 Å². The number of halogens is 4. The highest BCUT2D eigenvalue weighted by Gasteiger charge is 2.52. The first-order valence-electron chi connectivity index (χ1n) is 14.9. The highest BCUT2D eigenvalue weighted by atomic mass is 32.2. The van der Waals surface area contributed by atoms with Crippen molar-refractivity contribution in [3.8, 4) is 11.1 Å². The summed E-state index contributed by atoms with van der Waals surface area (Å²) >= 11 is 0. The van der Waals surface area contributed by atoms with Crippen LogP contribution in [-0.2, 0) is 19.6 Å². The summed E-state index contributed by atoms with van der Waals surface area (Å²) in [5.74, 6) is -2.50. The Morgan fingerprint density at radius 2 is 1.66 bits per heavy atom. The Labute approximate surface area is 270 Å². The lowest BCUT2D eigenvalue weighted by Crippen LogP contribution is -2.57. The molecule has 2 aromatic carbocycles. The summed E-state index contributed by atoms with van der Waals surface area (Å²) in [6.07, 6.45) is -4.88. The molecule has 14 heteroatoms. The molecule has 1 amide bonds. The standard InChI is InChI=1S/C33H36F4N4O5S/c1-21(42)24-9-4-5-10-25(24)22-13-15-23(16-14-22)30(33(35,36)37)41(31(44)26(38)19-32(2,3)34)27-11-8-18-40(20-28(27)43)47(45,46)29-12-6-7-17-39-29/h4-7,9-10,12-17,26-27,30H,8,11,18-20,38H2,1-3H3/t26-,27?,30-/m0/s1. The maximum absolute atomic E-state index is 15.1. The molecule has 0 aliphatic carbocycles. The van der Waals surface area contributed by atoms with Crippen molar-refractivity contribution in [2.75, 3.05) is 13.1 Å². The lowest BCUT2D eigenvalue weighted by atomic mass is 9.92. The van der Waals surface area contributed by atoms with Crippen LogP contribution >= 0.6 is 0 Å². The fourth-order valence-electron chi connectivity index (χ4n) is 5.77. The molecule has 252 valence electrons. The van der Waals surface area contributed by atoms with E-state index in [-0.39, 0.29) is 30.2 Å². The van der Waals surface area contributed by atoms with Crippen molar-refractivity contribution in [1.29, 1.82) is 0 Å². The van der Waals surface area contributed by atoms with Gasteiger partial charge in [-0.3, -0.25) is 14.4 Å². The number of sulfonamides is 1. The van der Waals surface area contributed by atoms with Gasteiger partial charge in [0.1, 0.15) is 5.67 Å². The molecular weight excluding hydrogens is 640 g/mol. The number of nitrogens with zero attached hydrogens (tertiary/aromatic N) is 3. The third-order valence-corrected chi connectivity index (χ3v) is 9.64. The molecule has 0 radical (unpaired) electrons. The van der Waals surface area contributed by atoms with E-state index in [9.17, 15) is 27.2 Å². The Morgan fingerprint density at radius 3 is 2.23 bits per heavy atom. The van der Waals surface area contributed by atoms with E-state index in [0.717, 1.165) is 30.3 Å². The van der Waals surface area contributed by atoms with Crippen LogP contribution < -0.4 is 5.73 Å². The first-order chi connectivity index (χ1) is 21.9. The van der Waals surface area contributed by atoms with Crippen LogP contribution in [0.3, 0.4) is 0 Å². The molecular formula is C33H36F4N4O5S. The third kappa shape index (κ3) is 8.29. The monoisotopic (exact) mass is 676 g/mol. The largest absolute Gasteiger partial charge is 0.413 e. The van der Waals surface area contributed by atoms with Crippen molar-refractivity contribution in [1.82, 2.24) is 14.2 Å². The van der Waals surface area contributed by atoms with Crippen LogP contribution in [0, 0.1) is 0 Å². The van der Waals surface area contributed by atoms with Gasteiger partial charge in [0.2, 0.25) is 5.91 Å². The molecule has 1 unspecified atom stereocenters. The second-order valence-corrected chi connectivity index (χ2v) is 14.0. The lowest BCUT2D eigenvalue weighted by Gasteiger charge is -2.40. The predicted molar refractivity (Wildman–Crippen MR) is 166 cm³/mol. The summed E-state index contributed by atoms with van der Waals surface area (Å²) in [4.78, 5) is 43.9. The Hall–Kier alpha value is -4.01. The van der Waals surface area contributed by atoms with Gasteiger partial charge in [0.25, 0.3) is 10.0 Å². The molecule has 1 aliphatic heterocycles. The van der Waals surface area contributed by atoms with Gasteiger partial charge in [-0.2, -0.15) is 17.5 Å². The lowest BCUT2D eigenvalue weighted by molar-refractivity contribution is -0.199. The number of carbonyl (C=O) groups is 3. The van der Waals surface area contributed by atoms with E-state index >= 15 is 13.2 Å². The van der Waals surface area contributed by atoms with E-state index in [1.54, 1.807) is 24.3 Å². The van der Waals surface area contributed by atoms with Crippen molar-refractivity contribution in [3.05, 3.63) is 84.1 Å². The van der Waals surface area contributed by atoms with Crippen LogP contribution in [0.1, 0.15) is 62.0 Å². The summed E-state index contributed by atoms with van der Waals surface area (Å²) in [6, 6.07) is 9.63. The van der Waals surface area contributed by atoms with Crippen LogP contribution in [-0.4, -0.2) is 77.1 Å². The highest BCUT2D eigenvalue weighted by molar-refractivity contribution is 7.89. The van der Waals surface area contributed by atoms with Crippen LogP contribution in [0.2, 0.25) is 0 Å². The second-order valence-electron chi connectivity index (χ2n) is 12.1. The van der Waals surface area contributed by atoms with Gasteiger partial charge in [0, 0.05) is 24.7 Å². The quantitative estimate of drug-likeness (QED) is 0.229. The Morgan fingerprint density at radius 1 is 1.02 bits per heavy atom. The first kappa shape index (κ1) is 35.8. The number of pyridine rings is 1. The zero-order valence-electron chi connectivity index (χ0n) is 26.1. The maximum Gasteiger partial charge on any atom is 0.413 e. The highest BCUT2D eigenvalue weighted by Crippen LogP contribution is 2.41. The zero-order valence-corrected chi connectivity index (χ0v) is 26.9. The summed E-state index contributed by atoms with van der Waals surface area (Å²) in [5, 5.41) is -0.342. The molecule has 1 aromatic heterocycles. The van der Waals surface area contributed by atoms with E-state index in [1.807, 2.05) is 0 Å². The smallest absolute Gasteiger partial charge is 0.320 e. The van der Waals surface area contributed by atoms with Crippen molar-refractivity contribution in [2.24, 2.45) is 5.73 Å². The molecule has 3 atom stereocenters. The Kier molecular flexibility index (Phi) is 10.7. The number of rotatable bonds is 10. The summed E-state index contributed by atoms with van der Waals surface area (Å²) in [5.41, 5.74) is 4.87. The van der Waals surface area contributed by atoms with Gasteiger partial charge in [-0.15, -0.1) is 0 Å².